The van der Waals surface area contributed by atoms with Gasteiger partial charge in [-0.25, -0.2) is 4.98 Å². The van der Waals surface area contributed by atoms with Crippen molar-refractivity contribution in [2.24, 2.45) is 5.73 Å². The van der Waals surface area contributed by atoms with Gasteiger partial charge in [0.05, 0.1) is 17.6 Å². The van der Waals surface area contributed by atoms with Crippen LogP contribution in [0.4, 0.5) is 0 Å². The number of nitrogens with zero attached hydrogens (tertiary/aromatic N) is 3. The van der Waals surface area contributed by atoms with Gasteiger partial charge < -0.3 is 24.7 Å². The van der Waals surface area contributed by atoms with Crippen LogP contribution in [0.1, 0.15) is 18.9 Å². The summed E-state index contributed by atoms with van der Waals surface area (Å²) in [6, 6.07) is 15.6. The molecule has 3 aromatic rings. The van der Waals surface area contributed by atoms with E-state index in [-0.39, 0.29) is 24.6 Å². The monoisotopic (exact) mass is 480 g/mol. The molecule has 9 heteroatoms. The van der Waals surface area contributed by atoms with Crippen molar-refractivity contribution >= 4 is 23.6 Å². The lowest BCUT2D eigenvalue weighted by Crippen LogP contribution is -2.34. The maximum atomic E-state index is 13.1. The summed E-state index contributed by atoms with van der Waals surface area (Å²) in [7, 11) is 0. The van der Waals surface area contributed by atoms with E-state index in [4.69, 9.17) is 15.2 Å². The number of aromatic nitrogens is 2. The average molecular weight is 481 g/mol. The smallest absolute Gasteiger partial charge is 0.233 e. The maximum Gasteiger partial charge on any atom is 0.233 e. The normalized spacial score (nSPS) is 12.4. The lowest BCUT2D eigenvalue weighted by molar-refractivity contribution is -0.129. The second-order valence-corrected chi connectivity index (χ2v) is 8.78. The Balaban J connectivity index is 1.47. The molecule has 178 valence electrons. The molecule has 0 saturated carbocycles. The van der Waals surface area contributed by atoms with Crippen LogP contribution < -0.4 is 15.2 Å². The third-order valence-electron chi connectivity index (χ3n) is 5.49. The van der Waals surface area contributed by atoms with Gasteiger partial charge in [0.1, 0.15) is 13.2 Å². The van der Waals surface area contributed by atoms with Crippen molar-refractivity contribution in [2.75, 3.05) is 25.5 Å². The Morgan fingerprint density at radius 3 is 2.62 bits per heavy atom. The number of thioether (sulfide) groups is 1. The minimum Gasteiger partial charge on any atom is -0.486 e. The van der Waals surface area contributed by atoms with E-state index in [0.29, 0.717) is 26.3 Å². The second kappa shape index (κ2) is 11.1. The molecule has 2 N–H and O–H groups in total. The molecular weight excluding hydrogens is 452 g/mol. The highest BCUT2D eigenvalue weighted by molar-refractivity contribution is 7.99. The van der Waals surface area contributed by atoms with Crippen LogP contribution in [0.3, 0.4) is 0 Å². The van der Waals surface area contributed by atoms with Crippen molar-refractivity contribution in [1.29, 1.82) is 0 Å². The Hall–Kier alpha value is -3.46. The van der Waals surface area contributed by atoms with Gasteiger partial charge in [0, 0.05) is 31.6 Å². The number of nitrogens with two attached hydrogens (primary N) is 1. The molecule has 0 aliphatic carbocycles. The molecule has 1 aliphatic rings. The van der Waals surface area contributed by atoms with E-state index in [1.807, 2.05) is 61.7 Å². The molecule has 0 spiro atoms. The van der Waals surface area contributed by atoms with Crippen molar-refractivity contribution in [3.05, 3.63) is 60.3 Å². The molecule has 2 aromatic carbocycles. The molecular formula is C25H28N4O4S. The fourth-order valence-corrected chi connectivity index (χ4v) is 4.72. The number of carbonyl (C=O) groups excluding carboxylic acids is 2. The van der Waals surface area contributed by atoms with E-state index in [9.17, 15) is 9.59 Å². The molecule has 0 radical (unpaired) electrons. The first-order chi connectivity index (χ1) is 16.5. The Morgan fingerprint density at radius 2 is 1.88 bits per heavy atom. The summed E-state index contributed by atoms with van der Waals surface area (Å²) in [4.78, 5) is 30.6. The summed E-state index contributed by atoms with van der Waals surface area (Å²) in [5.41, 5.74) is 8.25. The second-order valence-electron chi connectivity index (χ2n) is 7.83. The number of rotatable bonds is 10. The zero-order valence-corrected chi connectivity index (χ0v) is 19.9. The molecule has 4 rings (SSSR count). The van der Waals surface area contributed by atoms with Crippen molar-refractivity contribution in [3.63, 3.8) is 0 Å². The highest BCUT2D eigenvalue weighted by Gasteiger charge is 2.19. The Morgan fingerprint density at radius 1 is 1.12 bits per heavy atom. The van der Waals surface area contributed by atoms with E-state index in [0.717, 1.165) is 33.5 Å². The van der Waals surface area contributed by atoms with E-state index < -0.39 is 5.91 Å². The van der Waals surface area contributed by atoms with Gasteiger partial charge in [-0.05, 0) is 30.7 Å². The maximum absolute atomic E-state index is 13.1. The van der Waals surface area contributed by atoms with E-state index in [1.54, 1.807) is 4.90 Å². The fraction of sp³-hybridized carbons (Fsp3) is 0.320. The number of hydrogen-bond acceptors (Lipinski definition) is 6. The van der Waals surface area contributed by atoms with Crippen LogP contribution in [0.5, 0.6) is 11.5 Å². The molecule has 0 fully saturated rings. The molecule has 0 bridgehead atoms. The summed E-state index contributed by atoms with van der Waals surface area (Å²) in [5.74, 6) is 1.18. The molecule has 0 saturated heterocycles. The van der Waals surface area contributed by atoms with Gasteiger partial charge in [-0.15, -0.1) is 0 Å². The Kier molecular flexibility index (Phi) is 7.74. The van der Waals surface area contributed by atoms with E-state index in [1.165, 1.54) is 11.8 Å². The summed E-state index contributed by atoms with van der Waals surface area (Å²) in [6.45, 7) is 4.54. The number of carbonyl (C=O) groups is 2. The number of hydrogen-bond donors (Lipinski definition) is 1. The van der Waals surface area contributed by atoms with Gasteiger partial charge in [0.2, 0.25) is 11.8 Å². The van der Waals surface area contributed by atoms with Crippen LogP contribution in [0.25, 0.3) is 11.3 Å². The van der Waals surface area contributed by atoms with Crippen LogP contribution in [0, 0.1) is 0 Å². The quantitative estimate of drug-likeness (QED) is 0.447. The SMILES string of the molecule is CCn1c(-c2ccc3c(c2)OCCO3)cnc1SCC(=O)N(CCC(N)=O)Cc1ccccc1. The third-order valence-corrected chi connectivity index (χ3v) is 6.47. The number of imidazole rings is 1. The minimum absolute atomic E-state index is 0.0679. The van der Waals surface area contributed by atoms with Crippen molar-refractivity contribution in [3.8, 4) is 22.8 Å². The highest BCUT2D eigenvalue weighted by Crippen LogP contribution is 2.35. The topological polar surface area (TPSA) is 99.7 Å². The largest absolute Gasteiger partial charge is 0.486 e. The fourth-order valence-electron chi connectivity index (χ4n) is 3.77. The number of benzene rings is 2. The molecule has 2 heterocycles. The average Bonchev–Trinajstić information content (AvgIpc) is 3.28. The predicted octanol–water partition coefficient (Wildman–Crippen LogP) is 3.34. The number of ether oxygens (including phenoxy) is 2. The number of primary amides is 1. The molecule has 0 atom stereocenters. The molecule has 1 aliphatic heterocycles. The Labute approximate surface area is 203 Å². The van der Waals surface area contributed by atoms with Crippen molar-refractivity contribution in [1.82, 2.24) is 14.5 Å². The van der Waals surface area contributed by atoms with E-state index >= 15 is 0 Å². The van der Waals surface area contributed by atoms with Crippen molar-refractivity contribution in [2.45, 2.75) is 31.6 Å². The first-order valence-corrected chi connectivity index (χ1v) is 12.2. The van der Waals surface area contributed by atoms with Crippen LogP contribution in [-0.4, -0.2) is 51.8 Å². The number of amides is 2. The van der Waals surface area contributed by atoms with Gasteiger partial charge in [-0.3, -0.25) is 9.59 Å². The van der Waals surface area contributed by atoms with E-state index in [2.05, 4.69) is 9.55 Å². The summed E-state index contributed by atoms with van der Waals surface area (Å²) >= 11 is 1.39. The van der Waals surface area contributed by atoms with Gasteiger partial charge in [-0.2, -0.15) is 0 Å². The standard InChI is InChI=1S/C25H28N4O4S/c1-2-29-20(19-8-9-21-22(14-19)33-13-12-32-21)15-27-25(29)34-17-24(31)28(11-10-23(26)30)16-18-6-4-3-5-7-18/h3-9,14-15H,2,10-13,16-17H2,1H3,(H2,26,30). The van der Waals surface area contributed by atoms with Crippen LogP contribution >= 0.6 is 11.8 Å². The third kappa shape index (κ3) is 5.72. The molecule has 2 amide bonds. The molecule has 0 unspecified atom stereocenters. The van der Waals surface area contributed by atoms with Gasteiger partial charge in [0.25, 0.3) is 0 Å². The first-order valence-electron chi connectivity index (χ1n) is 11.2. The van der Waals surface area contributed by atoms with Gasteiger partial charge in [-0.1, -0.05) is 42.1 Å². The molecule has 34 heavy (non-hydrogen) atoms. The highest BCUT2D eigenvalue weighted by atomic mass is 32.2. The summed E-state index contributed by atoms with van der Waals surface area (Å²) in [6.07, 6.45) is 1.94. The summed E-state index contributed by atoms with van der Waals surface area (Å²) in [5, 5.41) is 0.760. The van der Waals surface area contributed by atoms with Crippen LogP contribution in [-0.2, 0) is 22.7 Å². The number of fused-ring (bicyclic) bond motifs is 1. The molecule has 1 aromatic heterocycles. The lowest BCUT2D eigenvalue weighted by Gasteiger charge is -2.22. The predicted molar refractivity (Wildman–Crippen MR) is 131 cm³/mol. The van der Waals surface area contributed by atoms with Gasteiger partial charge in [0.15, 0.2) is 16.7 Å². The Bertz CT molecular complexity index is 1150. The van der Waals surface area contributed by atoms with Gasteiger partial charge >= 0.3 is 0 Å². The molecule has 8 nitrogen and oxygen atoms in total. The minimum atomic E-state index is -0.427. The first kappa shape index (κ1) is 23.7. The lowest BCUT2D eigenvalue weighted by atomic mass is 10.1. The van der Waals surface area contributed by atoms with Crippen LogP contribution in [0.15, 0.2) is 59.9 Å². The zero-order valence-electron chi connectivity index (χ0n) is 19.1. The summed E-state index contributed by atoms with van der Waals surface area (Å²) < 4.78 is 13.4. The zero-order chi connectivity index (χ0) is 23.9. The van der Waals surface area contributed by atoms with Crippen molar-refractivity contribution < 1.29 is 19.1 Å². The van der Waals surface area contributed by atoms with Crippen LogP contribution in [0.2, 0.25) is 0 Å².